The number of carbonyl (C=O) groups is 4. The minimum atomic E-state index is -1.18. The number of hydrogen-bond donors (Lipinski definition) is 6. The fourth-order valence-corrected chi connectivity index (χ4v) is 1.97. The second kappa shape index (κ2) is 8.44. The SMILES string of the molecule is C[C@H](NC(=O)CNC(=O)[C@H](C)NC(=O)[C@@H]1C[C@@H](O)CN1)C(=O)O. The first kappa shape index (κ1) is 18.8. The van der Waals surface area contributed by atoms with E-state index in [2.05, 4.69) is 21.3 Å². The van der Waals surface area contributed by atoms with Crippen molar-refractivity contribution in [2.24, 2.45) is 0 Å². The summed E-state index contributed by atoms with van der Waals surface area (Å²) in [6, 6.07) is -2.48. The van der Waals surface area contributed by atoms with Gasteiger partial charge in [0, 0.05) is 6.54 Å². The maximum Gasteiger partial charge on any atom is 0.325 e. The van der Waals surface area contributed by atoms with Gasteiger partial charge in [-0.05, 0) is 20.3 Å². The van der Waals surface area contributed by atoms with Crippen molar-refractivity contribution in [2.45, 2.75) is 44.5 Å². The van der Waals surface area contributed by atoms with E-state index < -0.39 is 54.5 Å². The molecule has 1 aliphatic rings. The molecule has 3 amide bonds. The minimum absolute atomic E-state index is 0.273. The van der Waals surface area contributed by atoms with Gasteiger partial charge in [0.2, 0.25) is 17.7 Å². The molecule has 10 nitrogen and oxygen atoms in total. The highest BCUT2D eigenvalue weighted by Gasteiger charge is 2.29. The molecule has 1 heterocycles. The monoisotopic (exact) mass is 330 g/mol. The molecule has 1 aliphatic heterocycles. The third kappa shape index (κ3) is 6.20. The Balaban J connectivity index is 2.32. The highest BCUT2D eigenvalue weighted by Crippen LogP contribution is 2.06. The summed E-state index contributed by atoms with van der Waals surface area (Å²) in [7, 11) is 0. The first-order valence-corrected chi connectivity index (χ1v) is 7.22. The van der Waals surface area contributed by atoms with Crippen LogP contribution >= 0.6 is 0 Å². The number of carbonyl (C=O) groups excluding carboxylic acids is 3. The summed E-state index contributed by atoms with van der Waals surface area (Å²) >= 11 is 0. The van der Waals surface area contributed by atoms with Gasteiger partial charge in [-0.25, -0.2) is 0 Å². The highest BCUT2D eigenvalue weighted by molar-refractivity contribution is 5.92. The van der Waals surface area contributed by atoms with Crippen LogP contribution in [0.25, 0.3) is 0 Å². The Morgan fingerprint density at radius 2 is 1.83 bits per heavy atom. The van der Waals surface area contributed by atoms with Gasteiger partial charge < -0.3 is 31.5 Å². The van der Waals surface area contributed by atoms with Gasteiger partial charge in [-0.15, -0.1) is 0 Å². The number of carboxylic acid groups (broad SMARTS) is 1. The quantitative estimate of drug-likeness (QED) is 0.289. The lowest BCUT2D eigenvalue weighted by Crippen LogP contribution is -2.52. The predicted molar refractivity (Wildman–Crippen MR) is 78.3 cm³/mol. The molecule has 1 fully saturated rings. The lowest BCUT2D eigenvalue weighted by molar-refractivity contribution is -0.141. The van der Waals surface area contributed by atoms with Crippen LogP contribution in [0.3, 0.4) is 0 Å². The number of nitrogens with one attached hydrogen (secondary N) is 4. The fourth-order valence-electron chi connectivity index (χ4n) is 1.97. The molecule has 0 unspecified atom stereocenters. The Labute approximate surface area is 133 Å². The van der Waals surface area contributed by atoms with E-state index in [0.29, 0.717) is 6.54 Å². The van der Waals surface area contributed by atoms with Gasteiger partial charge in [-0.2, -0.15) is 0 Å². The molecule has 0 aromatic carbocycles. The molecule has 0 aromatic rings. The van der Waals surface area contributed by atoms with Crippen LogP contribution in [0.2, 0.25) is 0 Å². The summed E-state index contributed by atoms with van der Waals surface area (Å²) in [5.74, 6) is -2.81. The maximum atomic E-state index is 11.9. The average Bonchev–Trinajstić information content (AvgIpc) is 2.91. The third-order valence-electron chi connectivity index (χ3n) is 3.35. The zero-order valence-electron chi connectivity index (χ0n) is 13.0. The smallest absolute Gasteiger partial charge is 0.325 e. The van der Waals surface area contributed by atoms with Crippen LogP contribution in [0.4, 0.5) is 0 Å². The van der Waals surface area contributed by atoms with Crippen molar-refractivity contribution >= 4 is 23.7 Å². The Kier molecular flexibility index (Phi) is 6.91. The lowest BCUT2D eigenvalue weighted by atomic mass is 10.2. The number of carboxylic acids is 1. The van der Waals surface area contributed by atoms with E-state index in [9.17, 15) is 24.3 Å². The standard InChI is InChI=1S/C13H22N4O6/c1-6(17-12(21)9-3-8(18)4-14-9)11(20)15-5-10(19)16-7(2)13(22)23/h6-9,14,18H,3-5H2,1-2H3,(H,15,20)(H,16,19)(H,17,21)(H,22,23)/t6-,7-,8+,9-/m0/s1. The summed E-state index contributed by atoms with van der Waals surface area (Å²) in [4.78, 5) is 45.7. The topological polar surface area (TPSA) is 157 Å². The summed E-state index contributed by atoms with van der Waals surface area (Å²) in [6.45, 7) is 2.68. The van der Waals surface area contributed by atoms with Gasteiger partial charge in [0.15, 0.2) is 0 Å². The average molecular weight is 330 g/mol. The number of hydrogen-bond acceptors (Lipinski definition) is 6. The molecule has 4 atom stereocenters. The number of aliphatic hydroxyl groups excluding tert-OH is 1. The van der Waals surface area contributed by atoms with Crippen molar-refractivity contribution in [1.82, 2.24) is 21.3 Å². The molecule has 0 spiro atoms. The van der Waals surface area contributed by atoms with Gasteiger partial charge in [-0.1, -0.05) is 0 Å². The molecule has 1 rings (SSSR count). The second-order valence-electron chi connectivity index (χ2n) is 5.43. The third-order valence-corrected chi connectivity index (χ3v) is 3.35. The second-order valence-corrected chi connectivity index (χ2v) is 5.43. The molecule has 0 radical (unpaired) electrons. The Morgan fingerprint density at radius 1 is 1.17 bits per heavy atom. The molecule has 1 saturated heterocycles. The molecule has 10 heteroatoms. The molecule has 0 bridgehead atoms. The Bertz CT molecular complexity index is 483. The van der Waals surface area contributed by atoms with Gasteiger partial charge in [-0.3, -0.25) is 19.2 Å². The maximum absolute atomic E-state index is 11.9. The number of amides is 3. The van der Waals surface area contributed by atoms with Crippen molar-refractivity contribution in [3.63, 3.8) is 0 Å². The molecule has 0 aromatic heterocycles. The molecule has 0 aliphatic carbocycles. The van der Waals surface area contributed by atoms with E-state index in [-0.39, 0.29) is 6.42 Å². The summed E-state index contributed by atoms with van der Waals surface area (Å²) < 4.78 is 0. The van der Waals surface area contributed by atoms with Gasteiger partial charge in [0.05, 0.1) is 18.7 Å². The van der Waals surface area contributed by atoms with E-state index >= 15 is 0 Å². The van der Waals surface area contributed by atoms with E-state index in [1.165, 1.54) is 13.8 Å². The van der Waals surface area contributed by atoms with E-state index in [0.717, 1.165) is 0 Å². The highest BCUT2D eigenvalue weighted by atomic mass is 16.4. The molecule has 6 N–H and O–H groups in total. The minimum Gasteiger partial charge on any atom is -0.480 e. The fraction of sp³-hybridized carbons (Fsp3) is 0.692. The van der Waals surface area contributed by atoms with E-state index in [1.54, 1.807) is 0 Å². The number of aliphatic hydroxyl groups is 1. The lowest BCUT2D eigenvalue weighted by Gasteiger charge is -2.17. The first-order chi connectivity index (χ1) is 10.7. The van der Waals surface area contributed by atoms with Gasteiger partial charge in [0.1, 0.15) is 12.1 Å². The molecule has 0 saturated carbocycles. The number of β-amino-alcohol motifs (C(OH)–C–C–N with tert-alkyl or cyclic N) is 1. The van der Waals surface area contributed by atoms with Crippen molar-refractivity contribution in [2.75, 3.05) is 13.1 Å². The first-order valence-electron chi connectivity index (χ1n) is 7.22. The zero-order chi connectivity index (χ0) is 17.6. The normalized spacial score (nSPS) is 22.7. The Hall–Kier alpha value is -2.20. The predicted octanol–water partition coefficient (Wildman–Crippen LogP) is -3.08. The van der Waals surface area contributed by atoms with Crippen molar-refractivity contribution in [3.05, 3.63) is 0 Å². The van der Waals surface area contributed by atoms with Gasteiger partial charge in [0.25, 0.3) is 0 Å². The van der Waals surface area contributed by atoms with Crippen molar-refractivity contribution < 1.29 is 29.4 Å². The van der Waals surface area contributed by atoms with Crippen LogP contribution in [0.15, 0.2) is 0 Å². The Morgan fingerprint density at radius 3 is 2.35 bits per heavy atom. The van der Waals surface area contributed by atoms with Crippen LogP contribution < -0.4 is 21.3 Å². The van der Waals surface area contributed by atoms with Crippen molar-refractivity contribution in [3.8, 4) is 0 Å². The van der Waals surface area contributed by atoms with Crippen LogP contribution in [0.1, 0.15) is 20.3 Å². The molecule has 130 valence electrons. The molecule has 23 heavy (non-hydrogen) atoms. The number of aliphatic carboxylic acids is 1. The van der Waals surface area contributed by atoms with Crippen molar-refractivity contribution in [1.29, 1.82) is 0 Å². The molecular formula is C13H22N4O6. The summed E-state index contributed by atoms with van der Waals surface area (Å²) in [5.41, 5.74) is 0. The van der Waals surface area contributed by atoms with Crippen LogP contribution in [0.5, 0.6) is 0 Å². The van der Waals surface area contributed by atoms with E-state index in [4.69, 9.17) is 5.11 Å². The van der Waals surface area contributed by atoms with Crippen LogP contribution in [-0.2, 0) is 19.2 Å². The largest absolute Gasteiger partial charge is 0.480 e. The summed E-state index contributed by atoms with van der Waals surface area (Å²) in [5, 5.41) is 27.8. The van der Waals surface area contributed by atoms with Crippen LogP contribution in [0, 0.1) is 0 Å². The zero-order valence-corrected chi connectivity index (χ0v) is 13.0. The number of rotatable bonds is 7. The van der Waals surface area contributed by atoms with Crippen LogP contribution in [-0.4, -0.2) is 71.2 Å². The van der Waals surface area contributed by atoms with Gasteiger partial charge >= 0.3 is 5.97 Å². The summed E-state index contributed by atoms with van der Waals surface area (Å²) in [6.07, 6.45) is -0.315. The molecular weight excluding hydrogens is 308 g/mol. The van der Waals surface area contributed by atoms with E-state index in [1.807, 2.05) is 0 Å².